The normalized spacial score (nSPS) is 19.9. The summed E-state index contributed by atoms with van der Waals surface area (Å²) in [5.41, 5.74) is 1.51. The molecule has 1 saturated carbocycles. The van der Waals surface area contributed by atoms with Crippen LogP contribution in [0.3, 0.4) is 0 Å². The van der Waals surface area contributed by atoms with E-state index >= 15 is 0 Å². The summed E-state index contributed by atoms with van der Waals surface area (Å²) < 4.78 is 15.7. The van der Waals surface area contributed by atoms with Gasteiger partial charge in [0.25, 0.3) is 5.91 Å². The van der Waals surface area contributed by atoms with Gasteiger partial charge in [-0.1, -0.05) is 37.6 Å². The van der Waals surface area contributed by atoms with Gasteiger partial charge in [0.2, 0.25) is 0 Å². The Labute approximate surface area is 164 Å². The van der Waals surface area contributed by atoms with Crippen LogP contribution >= 0.6 is 11.6 Å². The van der Waals surface area contributed by atoms with Crippen molar-refractivity contribution in [3.63, 3.8) is 0 Å². The van der Waals surface area contributed by atoms with Crippen molar-refractivity contribution in [3.8, 4) is 17.2 Å². The van der Waals surface area contributed by atoms with E-state index in [1.165, 1.54) is 19.8 Å². The lowest BCUT2D eigenvalue weighted by atomic mass is 10.0. The first-order valence-electron chi connectivity index (χ1n) is 8.69. The minimum atomic E-state index is -0.217. The van der Waals surface area contributed by atoms with Crippen LogP contribution in [0.4, 0.5) is 0 Å². The topological polar surface area (TPSA) is 56.8 Å². The highest BCUT2D eigenvalue weighted by Crippen LogP contribution is 2.58. The van der Waals surface area contributed by atoms with E-state index in [1.807, 2.05) is 24.3 Å². The number of amides is 1. The monoisotopic (exact) mass is 389 g/mol. The summed E-state index contributed by atoms with van der Waals surface area (Å²) in [6.45, 7) is 4.29. The zero-order valence-electron chi connectivity index (χ0n) is 16.1. The number of rotatable bonds is 6. The molecule has 1 fully saturated rings. The first-order valence-corrected chi connectivity index (χ1v) is 9.07. The van der Waals surface area contributed by atoms with Crippen molar-refractivity contribution < 1.29 is 19.0 Å². The Bertz CT molecular complexity index is 848. The molecule has 0 spiro atoms. The number of carbonyl (C=O) groups is 1. The van der Waals surface area contributed by atoms with Crippen LogP contribution in [0.25, 0.3) is 0 Å². The summed E-state index contributed by atoms with van der Waals surface area (Å²) >= 11 is 6.19. The van der Waals surface area contributed by atoms with Crippen LogP contribution in [0.5, 0.6) is 17.2 Å². The van der Waals surface area contributed by atoms with Gasteiger partial charge < -0.3 is 19.5 Å². The average Bonchev–Trinajstić information content (AvgIpc) is 3.21. The molecule has 1 N–H and O–H groups in total. The van der Waals surface area contributed by atoms with Crippen LogP contribution < -0.4 is 19.5 Å². The Hall–Kier alpha value is -2.40. The zero-order valence-corrected chi connectivity index (χ0v) is 16.9. The fourth-order valence-corrected chi connectivity index (χ4v) is 3.84. The third kappa shape index (κ3) is 3.56. The first kappa shape index (κ1) is 19.4. The molecule has 0 radical (unpaired) electrons. The Morgan fingerprint density at radius 3 is 2.19 bits per heavy atom. The molecule has 0 unspecified atom stereocenters. The van der Waals surface area contributed by atoms with Crippen LogP contribution in [0.15, 0.2) is 36.4 Å². The molecule has 3 rings (SSSR count). The van der Waals surface area contributed by atoms with E-state index in [-0.39, 0.29) is 23.3 Å². The number of hydrogen-bond donors (Lipinski definition) is 1. The van der Waals surface area contributed by atoms with Crippen molar-refractivity contribution in [2.45, 2.75) is 25.8 Å². The largest absolute Gasteiger partial charge is 0.497 e. The highest BCUT2D eigenvalue weighted by atomic mass is 35.5. The Morgan fingerprint density at radius 1 is 1.00 bits per heavy atom. The molecule has 2 aromatic carbocycles. The summed E-state index contributed by atoms with van der Waals surface area (Å²) in [4.78, 5) is 12.9. The van der Waals surface area contributed by atoms with Crippen LogP contribution in [0, 0.1) is 5.41 Å². The Kier molecular flexibility index (Phi) is 5.24. The number of ether oxygens (including phenoxy) is 3. The smallest absolute Gasteiger partial charge is 0.255 e. The number of hydrogen-bond acceptors (Lipinski definition) is 4. The lowest BCUT2D eigenvalue weighted by Gasteiger charge is -2.13. The van der Waals surface area contributed by atoms with E-state index in [9.17, 15) is 4.79 Å². The maximum atomic E-state index is 12.9. The zero-order chi connectivity index (χ0) is 19.8. The van der Waals surface area contributed by atoms with Crippen molar-refractivity contribution in [2.75, 3.05) is 21.3 Å². The van der Waals surface area contributed by atoms with Gasteiger partial charge in [-0.2, -0.15) is 0 Å². The van der Waals surface area contributed by atoms with Crippen molar-refractivity contribution >= 4 is 17.5 Å². The molecular weight excluding hydrogens is 366 g/mol. The van der Waals surface area contributed by atoms with Gasteiger partial charge in [-0.25, -0.2) is 0 Å². The fourth-order valence-electron chi connectivity index (χ4n) is 3.60. The minimum absolute atomic E-state index is 0.0176. The molecule has 0 bridgehead atoms. The Morgan fingerprint density at radius 2 is 1.63 bits per heavy atom. The van der Waals surface area contributed by atoms with Crippen LogP contribution in [-0.4, -0.2) is 33.3 Å². The molecule has 144 valence electrons. The van der Waals surface area contributed by atoms with Gasteiger partial charge in [-0.15, -0.1) is 0 Å². The maximum Gasteiger partial charge on any atom is 0.255 e. The van der Waals surface area contributed by atoms with Crippen LogP contribution in [0.1, 0.15) is 35.7 Å². The highest BCUT2D eigenvalue weighted by molar-refractivity contribution is 6.32. The van der Waals surface area contributed by atoms with E-state index in [1.54, 1.807) is 19.2 Å². The predicted octanol–water partition coefficient (Wildman–Crippen LogP) is 4.29. The third-order valence-corrected chi connectivity index (χ3v) is 5.60. The standard InChI is InChI=1S/C21H24ClNO4/c1-21(2)18(12-6-8-13(25-3)9-7-12)19(21)23-20(24)14-10-15(22)17(27-5)11-16(14)26-4/h6-11,18-19H,1-5H3,(H,23,24)/t18-,19-/m1/s1. The van der Waals surface area contributed by atoms with E-state index in [2.05, 4.69) is 19.2 Å². The molecule has 1 amide bonds. The second-order valence-corrected chi connectivity index (χ2v) is 7.62. The highest BCUT2D eigenvalue weighted by Gasteiger charge is 2.59. The predicted molar refractivity (Wildman–Crippen MR) is 105 cm³/mol. The quantitative estimate of drug-likeness (QED) is 0.800. The summed E-state index contributed by atoms with van der Waals surface area (Å²) in [6.07, 6.45) is 0. The van der Waals surface area contributed by atoms with Crippen molar-refractivity contribution in [1.29, 1.82) is 0 Å². The van der Waals surface area contributed by atoms with Crippen molar-refractivity contribution in [1.82, 2.24) is 5.32 Å². The summed E-state index contributed by atoms with van der Waals surface area (Å²) in [7, 11) is 4.68. The van der Waals surface area contributed by atoms with Crippen LogP contribution in [-0.2, 0) is 0 Å². The number of carbonyl (C=O) groups excluding carboxylic acids is 1. The number of methoxy groups -OCH3 is 3. The van der Waals surface area contributed by atoms with Gasteiger partial charge in [0.1, 0.15) is 17.2 Å². The third-order valence-electron chi connectivity index (χ3n) is 5.31. The number of benzene rings is 2. The molecule has 0 saturated heterocycles. The lowest BCUT2D eigenvalue weighted by molar-refractivity contribution is 0.0943. The van der Waals surface area contributed by atoms with E-state index in [0.29, 0.717) is 22.1 Å². The fraction of sp³-hybridized carbons (Fsp3) is 0.381. The second kappa shape index (κ2) is 7.31. The van der Waals surface area contributed by atoms with E-state index < -0.39 is 0 Å². The molecule has 1 aliphatic rings. The van der Waals surface area contributed by atoms with Gasteiger partial charge in [0.05, 0.1) is 31.9 Å². The summed E-state index contributed by atoms with van der Waals surface area (Å²) in [6, 6.07) is 11.2. The molecule has 2 atom stereocenters. The molecule has 0 aliphatic heterocycles. The SMILES string of the molecule is COc1ccc([C@@H]2[C@@H](NC(=O)c3cc(Cl)c(OC)cc3OC)C2(C)C)cc1. The van der Waals surface area contributed by atoms with Crippen LogP contribution in [0.2, 0.25) is 5.02 Å². The molecule has 5 nitrogen and oxygen atoms in total. The van der Waals surface area contributed by atoms with Gasteiger partial charge >= 0.3 is 0 Å². The molecular formula is C21H24ClNO4. The number of nitrogens with one attached hydrogen (secondary N) is 1. The molecule has 0 heterocycles. The number of halogens is 1. The van der Waals surface area contributed by atoms with Crippen molar-refractivity contribution in [2.24, 2.45) is 5.41 Å². The summed E-state index contributed by atoms with van der Waals surface area (Å²) in [5, 5.41) is 3.49. The molecule has 27 heavy (non-hydrogen) atoms. The minimum Gasteiger partial charge on any atom is -0.497 e. The lowest BCUT2D eigenvalue weighted by Crippen LogP contribution is -2.29. The molecule has 0 aromatic heterocycles. The molecule has 6 heteroatoms. The first-order chi connectivity index (χ1) is 12.8. The van der Waals surface area contributed by atoms with Crippen molar-refractivity contribution in [3.05, 3.63) is 52.5 Å². The average molecular weight is 390 g/mol. The molecule has 2 aromatic rings. The van der Waals surface area contributed by atoms with Gasteiger partial charge in [0.15, 0.2) is 0 Å². The molecule has 1 aliphatic carbocycles. The van der Waals surface area contributed by atoms with Gasteiger partial charge in [-0.05, 0) is 29.2 Å². The maximum absolute atomic E-state index is 12.9. The van der Waals surface area contributed by atoms with Gasteiger partial charge in [0, 0.05) is 18.0 Å². The summed E-state index contributed by atoms with van der Waals surface area (Å²) in [5.74, 6) is 1.72. The van der Waals surface area contributed by atoms with E-state index in [0.717, 1.165) is 5.75 Å². The van der Waals surface area contributed by atoms with Gasteiger partial charge in [-0.3, -0.25) is 4.79 Å². The Balaban J connectivity index is 1.80. The second-order valence-electron chi connectivity index (χ2n) is 7.21. The van der Waals surface area contributed by atoms with E-state index in [4.69, 9.17) is 25.8 Å².